The molecule has 0 fully saturated rings. The lowest BCUT2D eigenvalue weighted by molar-refractivity contribution is -0.972. The highest BCUT2D eigenvalue weighted by atomic mass is 16.4. The summed E-state index contributed by atoms with van der Waals surface area (Å²) in [7, 11) is 0. The van der Waals surface area contributed by atoms with Gasteiger partial charge in [-0.25, -0.2) is 14.4 Å². The normalized spacial score (nSPS) is 15.7. The minimum Gasteiger partial charge on any atom is -0.477 e. The Balaban J connectivity index is 4.75. The third-order valence-electron chi connectivity index (χ3n) is 8.08. The number of carbonyl (C=O) groups is 3. The van der Waals surface area contributed by atoms with E-state index in [0.29, 0.717) is 6.42 Å². The van der Waals surface area contributed by atoms with Crippen LogP contribution in [0.2, 0.25) is 0 Å². The molecular weight excluding hydrogens is 482 g/mol. The molecule has 0 rings (SSSR count). The van der Waals surface area contributed by atoms with Gasteiger partial charge in [-0.3, -0.25) is 4.48 Å². The van der Waals surface area contributed by atoms with Crippen LogP contribution in [-0.2, 0) is 14.4 Å². The molecule has 0 aliphatic heterocycles. The van der Waals surface area contributed by atoms with Crippen molar-refractivity contribution in [3.05, 3.63) is 12.2 Å². The van der Waals surface area contributed by atoms with Crippen LogP contribution in [0, 0.1) is 0 Å². The Bertz CT molecular complexity index is 622. The molecule has 0 aromatic carbocycles. The molecule has 0 aliphatic carbocycles. The summed E-state index contributed by atoms with van der Waals surface area (Å²) in [4.78, 5) is 36.7. The number of nitrogens with zero attached hydrogens (tertiary/aromatic N) is 1. The molecule has 0 aromatic rings. The SMILES string of the molecule is CCCCCCCCCCCCCCC/C=C/CC[N+](C(CC)C(=O)O)(C(CC)C(=O)O)C(CC)C(=O)O. The first-order valence-electron chi connectivity index (χ1n) is 15.4. The topological polar surface area (TPSA) is 112 Å². The number of carboxylic acids is 3. The third kappa shape index (κ3) is 12.8. The highest BCUT2D eigenvalue weighted by molar-refractivity contribution is 5.78. The molecule has 0 heterocycles. The maximum Gasteiger partial charge on any atom is 0.362 e. The monoisotopic (exact) mass is 540 g/mol. The van der Waals surface area contributed by atoms with Crippen LogP contribution in [0.1, 0.15) is 143 Å². The summed E-state index contributed by atoms with van der Waals surface area (Å²) < 4.78 is -0.452. The van der Waals surface area contributed by atoms with E-state index < -0.39 is 40.5 Å². The number of quaternary nitrogens is 1. The van der Waals surface area contributed by atoms with Gasteiger partial charge in [0.05, 0.1) is 6.54 Å². The second-order valence-electron chi connectivity index (χ2n) is 10.8. The van der Waals surface area contributed by atoms with E-state index in [1.54, 1.807) is 20.8 Å². The molecule has 0 aromatic heterocycles. The maximum absolute atomic E-state index is 12.2. The molecule has 0 radical (unpaired) electrons. The zero-order chi connectivity index (χ0) is 28.8. The summed E-state index contributed by atoms with van der Waals surface area (Å²) in [6.07, 6.45) is 23.0. The van der Waals surface area contributed by atoms with Crippen molar-refractivity contribution >= 4 is 17.9 Å². The van der Waals surface area contributed by atoms with E-state index in [1.165, 1.54) is 77.0 Å². The van der Waals surface area contributed by atoms with Crippen LogP contribution < -0.4 is 0 Å². The summed E-state index contributed by atoms with van der Waals surface area (Å²) in [5, 5.41) is 30.0. The second kappa shape index (κ2) is 22.0. The number of unbranched alkanes of at least 4 members (excludes halogenated alkanes) is 13. The van der Waals surface area contributed by atoms with E-state index >= 15 is 0 Å². The Kier molecular flexibility index (Phi) is 20.9. The Morgan fingerprint density at radius 2 is 0.842 bits per heavy atom. The molecule has 0 saturated carbocycles. The summed E-state index contributed by atoms with van der Waals surface area (Å²) in [5.41, 5.74) is 0. The highest BCUT2D eigenvalue weighted by Gasteiger charge is 2.55. The van der Waals surface area contributed by atoms with Gasteiger partial charge in [0.1, 0.15) is 0 Å². The van der Waals surface area contributed by atoms with E-state index in [4.69, 9.17) is 0 Å². The van der Waals surface area contributed by atoms with E-state index in [2.05, 4.69) is 13.0 Å². The predicted molar refractivity (Wildman–Crippen MR) is 154 cm³/mol. The van der Waals surface area contributed by atoms with Gasteiger partial charge in [-0.2, -0.15) is 0 Å². The van der Waals surface area contributed by atoms with Gasteiger partial charge < -0.3 is 15.3 Å². The molecule has 7 heteroatoms. The fraction of sp³-hybridized carbons (Fsp3) is 0.839. The van der Waals surface area contributed by atoms with Gasteiger partial charge >= 0.3 is 17.9 Å². The van der Waals surface area contributed by atoms with Crippen molar-refractivity contribution in [3.63, 3.8) is 0 Å². The summed E-state index contributed by atoms with van der Waals surface area (Å²) >= 11 is 0. The largest absolute Gasteiger partial charge is 0.477 e. The summed E-state index contributed by atoms with van der Waals surface area (Å²) in [5.74, 6) is -3.41. The fourth-order valence-corrected chi connectivity index (χ4v) is 6.09. The molecule has 0 aliphatic rings. The number of allylic oxidation sites excluding steroid dienone is 1. The molecule has 3 N–H and O–H groups in total. The average Bonchev–Trinajstić information content (AvgIpc) is 2.86. The Morgan fingerprint density at radius 1 is 0.526 bits per heavy atom. The van der Waals surface area contributed by atoms with Crippen molar-refractivity contribution in [2.75, 3.05) is 6.54 Å². The van der Waals surface area contributed by atoms with Gasteiger partial charge in [-0.1, -0.05) is 117 Å². The predicted octanol–water partition coefficient (Wildman–Crippen LogP) is 7.82. The van der Waals surface area contributed by atoms with Crippen molar-refractivity contribution in [2.24, 2.45) is 0 Å². The van der Waals surface area contributed by atoms with Gasteiger partial charge in [-0.15, -0.1) is 0 Å². The Morgan fingerprint density at radius 3 is 1.16 bits per heavy atom. The number of rotatable bonds is 26. The first-order chi connectivity index (χ1) is 18.2. The molecule has 0 saturated heterocycles. The number of aliphatic carboxylic acids is 3. The van der Waals surface area contributed by atoms with Crippen molar-refractivity contribution < 1.29 is 34.2 Å². The van der Waals surface area contributed by atoms with Gasteiger partial charge in [0.25, 0.3) is 0 Å². The van der Waals surface area contributed by atoms with Crippen LogP contribution >= 0.6 is 0 Å². The first-order valence-corrected chi connectivity index (χ1v) is 15.4. The lowest BCUT2D eigenvalue weighted by atomic mass is 9.94. The average molecular weight is 541 g/mol. The minimum atomic E-state index is -1.14. The van der Waals surface area contributed by atoms with E-state index in [-0.39, 0.29) is 25.8 Å². The van der Waals surface area contributed by atoms with Crippen molar-refractivity contribution in [1.82, 2.24) is 0 Å². The number of carboxylic acid groups (broad SMARTS) is 3. The quantitative estimate of drug-likeness (QED) is 0.0586. The van der Waals surface area contributed by atoms with Crippen molar-refractivity contribution in [1.29, 1.82) is 0 Å². The van der Waals surface area contributed by atoms with Crippen molar-refractivity contribution in [2.45, 2.75) is 161 Å². The standard InChI is InChI=1S/C31H57NO6/c1-5-9-10-11-12-13-14-15-16-17-18-19-20-21-22-23-24-25-32(26(6-2)29(33)34,27(7-3)30(35)36)28(8-4)31(37)38/h22-23,26-28H,5-21,24-25H2,1-4H3,(H2-,33,34,35,36,37,38)/p+1/b23-22+. The smallest absolute Gasteiger partial charge is 0.362 e. The Hall–Kier alpha value is -1.89. The number of hydrogen-bond donors (Lipinski definition) is 3. The molecule has 0 spiro atoms. The second-order valence-corrected chi connectivity index (χ2v) is 10.8. The fourth-order valence-electron chi connectivity index (χ4n) is 6.09. The lowest BCUT2D eigenvalue weighted by Gasteiger charge is -2.49. The zero-order valence-corrected chi connectivity index (χ0v) is 24.8. The molecule has 0 bridgehead atoms. The molecular formula is C31H58NO6+. The Labute approximate surface area is 232 Å². The lowest BCUT2D eigenvalue weighted by Crippen LogP contribution is -2.72. The van der Waals surface area contributed by atoms with Crippen LogP contribution in [0.3, 0.4) is 0 Å². The summed E-state index contributed by atoms with van der Waals surface area (Å²) in [6, 6.07) is -3.27. The van der Waals surface area contributed by atoms with Crippen LogP contribution in [-0.4, -0.2) is 62.4 Å². The molecule has 0 amide bonds. The van der Waals surface area contributed by atoms with E-state index in [1.807, 2.05) is 6.08 Å². The van der Waals surface area contributed by atoms with E-state index in [0.717, 1.165) is 12.8 Å². The van der Waals surface area contributed by atoms with Crippen molar-refractivity contribution in [3.8, 4) is 0 Å². The van der Waals surface area contributed by atoms with Crippen LogP contribution in [0.4, 0.5) is 0 Å². The molecule has 7 nitrogen and oxygen atoms in total. The summed E-state index contributed by atoms with van der Waals surface area (Å²) in [6.45, 7) is 7.51. The first kappa shape index (κ1) is 36.1. The van der Waals surface area contributed by atoms with Gasteiger partial charge in [-0.05, 0) is 12.8 Å². The molecule has 3 atom stereocenters. The van der Waals surface area contributed by atoms with Gasteiger partial charge in [0.2, 0.25) is 0 Å². The zero-order valence-electron chi connectivity index (χ0n) is 24.8. The minimum absolute atomic E-state index is 0.172. The van der Waals surface area contributed by atoms with Gasteiger partial charge in [0, 0.05) is 25.7 Å². The maximum atomic E-state index is 12.2. The third-order valence-corrected chi connectivity index (χ3v) is 8.08. The van der Waals surface area contributed by atoms with Crippen LogP contribution in [0.5, 0.6) is 0 Å². The molecule has 222 valence electrons. The molecule has 3 unspecified atom stereocenters. The van der Waals surface area contributed by atoms with Gasteiger partial charge in [0.15, 0.2) is 18.1 Å². The molecule has 38 heavy (non-hydrogen) atoms. The van der Waals surface area contributed by atoms with Crippen LogP contribution in [0.15, 0.2) is 12.2 Å². The number of hydrogen-bond acceptors (Lipinski definition) is 3. The highest BCUT2D eigenvalue weighted by Crippen LogP contribution is 2.32. The van der Waals surface area contributed by atoms with E-state index in [9.17, 15) is 29.7 Å². The van der Waals surface area contributed by atoms with Crippen LogP contribution in [0.25, 0.3) is 0 Å².